The molecule has 0 bridgehead atoms. The van der Waals surface area contributed by atoms with Crippen LogP contribution in [-0.2, 0) is 4.79 Å². The molecular formula is C13H12ClN3O. The van der Waals surface area contributed by atoms with Gasteiger partial charge in [0.15, 0.2) is 0 Å². The Morgan fingerprint density at radius 2 is 2.28 bits per heavy atom. The van der Waals surface area contributed by atoms with Crippen LogP contribution < -0.4 is 5.73 Å². The van der Waals surface area contributed by atoms with E-state index < -0.39 is 5.91 Å². The first kappa shape index (κ1) is 12.4. The summed E-state index contributed by atoms with van der Waals surface area (Å²) in [5.41, 5.74) is 7.33. The number of hydrogen-bond acceptors (Lipinski definition) is 2. The first-order valence-electron chi connectivity index (χ1n) is 5.34. The zero-order chi connectivity index (χ0) is 13.1. The van der Waals surface area contributed by atoms with Gasteiger partial charge in [0.05, 0.1) is 17.0 Å². The minimum atomic E-state index is -0.440. The van der Waals surface area contributed by atoms with Gasteiger partial charge in [-0.3, -0.25) is 4.79 Å². The molecular weight excluding hydrogens is 250 g/mol. The summed E-state index contributed by atoms with van der Waals surface area (Å²) in [7, 11) is 0. The van der Waals surface area contributed by atoms with Crippen molar-refractivity contribution in [3.8, 4) is 5.69 Å². The zero-order valence-electron chi connectivity index (χ0n) is 9.80. The molecule has 92 valence electrons. The van der Waals surface area contributed by atoms with Crippen LogP contribution >= 0.6 is 11.6 Å². The summed E-state index contributed by atoms with van der Waals surface area (Å²) < 4.78 is 1.82. The quantitative estimate of drug-likeness (QED) is 0.863. The van der Waals surface area contributed by atoms with Crippen molar-refractivity contribution in [2.75, 3.05) is 0 Å². The van der Waals surface area contributed by atoms with Crippen LogP contribution in [0, 0.1) is 0 Å². The van der Waals surface area contributed by atoms with Gasteiger partial charge in [-0.05, 0) is 30.7 Å². The average Bonchev–Trinajstić information content (AvgIpc) is 2.82. The summed E-state index contributed by atoms with van der Waals surface area (Å²) in [5.74, 6) is -0.440. The molecule has 2 rings (SSSR count). The number of carbonyl (C=O) groups is 1. The fourth-order valence-corrected chi connectivity index (χ4v) is 1.83. The molecule has 0 spiro atoms. The van der Waals surface area contributed by atoms with Crippen molar-refractivity contribution in [1.29, 1.82) is 0 Å². The Balaban J connectivity index is 2.37. The maximum Gasteiger partial charge on any atom is 0.244 e. The third kappa shape index (κ3) is 2.60. The lowest BCUT2D eigenvalue weighted by Gasteiger charge is -2.06. The largest absolute Gasteiger partial charge is 0.366 e. The van der Waals surface area contributed by atoms with Crippen LogP contribution in [0.5, 0.6) is 0 Å². The molecule has 0 saturated heterocycles. The Labute approximate surface area is 110 Å². The number of rotatable bonds is 3. The summed E-state index contributed by atoms with van der Waals surface area (Å²) in [4.78, 5) is 14.9. The molecule has 0 saturated carbocycles. The number of nitrogens with zero attached hydrogens (tertiary/aromatic N) is 2. The summed E-state index contributed by atoms with van der Waals surface area (Å²) in [6, 6.07) is 5.51. The fraction of sp³-hybridized carbons (Fsp3) is 0.0769. The molecule has 18 heavy (non-hydrogen) atoms. The van der Waals surface area contributed by atoms with Gasteiger partial charge in [0.25, 0.3) is 0 Å². The molecule has 0 aliphatic carbocycles. The number of carbonyl (C=O) groups excluding carboxylic acids is 1. The summed E-state index contributed by atoms with van der Waals surface area (Å²) in [6.45, 7) is 1.67. The van der Waals surface area contributed by atoms with E-state index in [-0.39, 0.29) is 0 Å². The van der Waals surface area contributed by atoms with Gasteiger partial charge in [-0.1, -0.05) is 17.7 Å². The molecule has 0 aliphatic heterocycles. The van der Waals surface area contributed by atoms with Crippen molar-refractivity contribution in [1.82, 2.24) is 9.55 Å². The lowest BCUT2D eigenvalue weighted by atomic mass is 10.1. The third-order valence-electron chi connectivity index (χ3n) is 2.53. The molecule has 0 radical (unpaired) electrons. The third-order valence-corrected chi connectivity index (χ3v) is 2.83. The van der Waals surface area contributed by atoms with Gasteiger partial charge < -0.3 is 10.3 Å². The van der Waals surface area contributed by atoms with Crippen molar-refractivity contribution in [3.05, 3.63) is 53.1 Å². The molecule has 0 fully saturated rings. The Kier molecular flexibility index (Phi) is 3.48. The smallest absolute Gasteiger partial charge is 0.244 e. The number of primary amides is 1. The lowest BCUT2D eigenvalue weighted by Crippen LogP contribution is -2.11. The van der Waals surface area contributed by atoms with E-state index in [0.29, 0.717) is 10.6 Å². The highest BCUT2D eigenvalue weighted by Gasteiger charge is 2.04. The highest BCUT2D eigenvalue weighted by molar-refractivity contribution is 6.32. The van der Waals surface area contributed by atoms with Gasteiger partial charge in [0, 0.05) is 18.0 Å². The Morgan fingerprint density at radius 3 is 2.83 bits per heavy atom. The van der Waals surface area contributed by atoms with E-state index in [0.717, 1.165) is 11.3 Å². The Bertz CT molecular complexity index is 603. The van der Waals surface area contributed by atoms with Crippen LogP contribution in [-0.4, -0.2) is 15.5 Å². The number of benzene rings is 1. The SMILES string of the molecule is CC(=Cc1ccc(-n2ccnc2)c(Cl)c1)C(N)=O. The molecule has 2 N–H and O–H groups in total. The van der Waals surface area contributed by atoms with Gasteiger partial charge >= 0.3 is 0 Å². The number of aromatic nitrogens is 2. The molecule has 0 atom stereocenters. The van der Waals surface area contributed by atoms with Crippen molar-refractivity contribution in [2.24, 2.45) is 5.73 Å². The number of imidazole rings is 1. The number of halogens is 1. The van der Waals surface area contributed by atoms with E-state index in [2.05, 4.69) is 4.98 Å². The summed E-state index contributed by atoms with van der Waals surface area (Å²) in [6.07, 6.45) is 6.87. The van der Waals surface area contributed by atoms with Gasteiger partial charge in [-0.15, -0.1) is 0 Å². The van der Waals surface area contributed by atoms with Gasteiger partial charge in [0.2, 0.25) is 5.91 Å². The van der Waals surface area contributed by atoms with Crippen LogP contribution in [0.2, 0.25) is 5.02 Å². The van der Waals surface area contributed by atoms with Gasteiger partial charge in [-0.2, -0.15) is 0 Å². The molecule has 1 heterocycles. The second-order valence-electron chi connectivity index (χ2n) is 3.87. The molecule has 0 aliphatic rings. The first-order valence-corrected chi connectivity index (χ1v) is 5.71. The minimum absolute atomic E-state index is 0.440. The molecule has 4 nitrogen and oxygen atoms in total. The highest BCUT2D eigenvalue weighted by Crippen LogP contribution is 2.22. The van der Waals surface area contributed by atoms with Crippen molar-refractivity contribution in [2.45, 2.75) is 6.92 Å². The van der Waals surface area contributed by atoms with E-state index in [1.165, 1.54) is 0 Å². The predicted molar refractivity (Wildman–Crippen MR) is 71.4 cm³/mol. The highest BCUT2D eigenvalue weighted by atomic mass is 35.5. The number of amides is 1. The second kappa shape index (κ2) is 5.06. The van der Waals surface area contributed by atoms with E-state index in [4.69, 9.17) is 17.3 Å². The maximum atomic E-state index is 11.0. The van der Waals surface area contributed by atoms with E-state index >= 15 is 0 Å². The lowest BCUT2D eigenvalue weighted by molar-refractivity contribution is -0.114. The molecule has 1 aromatic carbocycles. The summed E-state index contributed by atoms with van der Waals surface area (Å²) >= 11 is 6.19. The van der Waals surface area contributed by atoms with E-state index in [1.54, 1.807) is 31.6 Å². The second-order valence-corrected chi connectivity index (χ2v) is 4.28. The topological polar surface area (TPSA) is 60.9 Å². The van der Waals surface area contributed by atoms with Crippen molar-refractivity contribution in [3.63, 3.8) is 0 Å². The Hall–Kier alpha value is -2.07. The maximum absolute atomic E-state index is 11.0. The first-order chi connectivity index (χ1) is 8.58. The minimum Gasteiger partial charge on any atom is -0.366 e. The number of hydrogen-bond donors (Lipinski definition) is 1. The van der Waals surface area contributed by atoms with Crippen molar-refractivity contribution < 1.29 is 4.79 Å². The normalized spacial score (nSPS) is 11.6. The van der Waals surface area contributed by atoms with Gasteiger partial charge in [0.1, 0.15) is 0 Å². The molecule has 5 heteroatoms. The predicted octanol–water partition coefficient (Wildman–Crippen LogP) is 2.41. The monoisotopic (exact) mass is 261 g/mol. The van der Waals surface area contributed by atoms with Gasteiger partial charge in [-0.25, -0.2) is 4.98 Å². The van der Waals surface area contributed by atoms with Crippen LogP contribution in [0.15, 0.2) is 42.5 Å². The fourth-order valence-electron chi connectivity index (χ4n) is 1.55. The molecule has 1 aromatic heterocycles. The van der Waals surface area contributed by atoms with E-state index in [9.17, 15) is 4.79 Å². The molecule has 1 amide bonds. The van der Waals surface area contributed by atoms with Crippen LogP contribution in [0.25, 0.3) is 11.8 Å². The molecule has 0 unspecified atom stereocenters. The van der Waals surface area contributed by atoms with E-state index in [1.807, 2.05) is 22.9 Å². The van der Waals surface area contributed by atoms with Crippen LogP contribution in [0.1, 0.15) is 12.5 Å². The molecule has 2 aromatic rings. The van der Waals surface area contributed by atoms with Crippen LogP contribution in [0.4, 0.5) is 0 Å². The average molecular weight is 262 g/mol. The van der Waals surface area contributed by atoms with Crippen LogP contribution in [0.3, 0.4) is 0 Å². The zero-order valence-corrected chi connectivity index (χ0v) is 10.6. The standard InChI is InChI=1S/C13H12ClN3O/c1-9(13(15)18)6-10-2-3-12(11(14)7-10)17-5-4-16-8-17/h2-8H,1H3,(H2,15,18). The number of nitrogens with two attached hydrogens (primary N) is 1. The summed E-state index contributed by atoms with van der Waals surface area (Å²) in [5, 5.41) is 0.582. The Morgan fingerprint density at radius 1 is 1.50 bits per heavy atom. The van der Waals surface area contributed by atoms with Crippen molar-refractivity contribution >= 4 is 23.6 Å².